The van der Waals surface area contributed by atoms with Gasteiger partial charge in [-0.3, -0.25) is 4.79 Å². The molecule has 0 fully saturated rings. The summed E-state index contributed by atoms with van der Waals surface area (Å²) in [6.07, 6.45) is 0. The number of rotatable bonds is 6. The van der Waals surface area contributed by atoms with Gasteiger partial charge in [0, 0.05) is 24.5 Å². The van der Waals surface area contributed by atoms with E-state index in [4.69, 9.17) is 5.26 Å². The number of anilines is 2. The van der Waals surface area contributed by atoms with Crippen molar-refractivity contribution in [2.45, 2.75) is 20.4 Å². The zero-order valence-corrected chi connectivity index (χ0v) is 15.9. The van der Waals surface area contributed by atoms with Crippen LogP contribution < -0.4 is 5.32 Å². The Kier molecular flexibility index (Phi) is 5.97. The van der Waals surface area contributed by atoms with Crippen molar-refractivity contribution in [1.29, 1.82) is 5.26 Å². The lowest BCUT2D eigenvalue weighted by Gasteiger charge is -2.21. The summed E-state index contributed by atoms with van der Waals surface area (Å²) in [6, 6.07) is 20.6. The number of hydrogen-bond acceptors (Lipinski definition) is 5. The Morgan fingerprint density at radius 3 is 2.46 bits per heavy atom. The topological polar surface area (TPSA) is 81.9 Å². The van der Waals surface area contributed by atoms with Crippen LogP contribution in [0.25, 0.3) is 0 Å². The van der Waals surface area contributed by atoms with E-state index in [1.807, 2.05) is 44.2 Å². The fourth-order valence-corrected chi connectivity index (χ4v) is 2.78. The lowest BCUT2D eigenvalue weighted by atomic mass is 10.2. The smallest absolute Gasteiger partial charge is 0.272 e. The standard InChI is InChI=1S/C22H21N5O/c1-3-27(15-18-7-5-4-6-8-18)21(28)20-13-16(2)24-22(26-20)25-19-11-9-17(14-23)10-12-19/h4-13H,3,15H2,1-2H3,(H,24,25,26). The highest BCUT2D eigenvalue weighted by molar-refractivity contribution is 5.92. The van der Waals surface area contributed by atoms with E-state index in [0.717, 1.165) is 11.3 Å². The molecule has 3 rings (SSSR count). The first-order chi connectivity index (χ1) is 13.6. The quantitative estimate of drug-likeness (QED) is 0.706. The SMILES string of the molecule is CCN(Cc1ccccc1)C(=O)c1cc(C)nc(Nc2ccc(C#N)cc2)n1. The molecule has 28 heavy (non-hydrogen) atoms. The number of aryl methyl sites for hydroxylation is 1. The van der Waals surface area contributed by atoms with E-state index in [1.165, 1.54) is 0 Å². The fraction of sp³-hybridized carbons (Fsp3) is 0.182. The molecule has 0 saturated heterocycles. The monoisotopic (exact) mass is 371 g/mol. The first-order valence-corrected chi connectivity index (χ1v) is 9.05. The summed E-state index contributed by atoms with van der Waals surface area (Å²) in [5.74, 6) is 0.212. The minimum Gasteiger partial charge on any atom is -0.333 e. The third kappa shape index (κ3) is 4.71. The minimum absolute atomic E-state index is 0.139. The van der Waals surface area contributed by atoms with Crippen molar-refractivity contribution in [3.05, 3.63) is 83.2 Å². The summed E-state index contributed by atoms with van der Waals surface area (Å²) >= 11 is 0. The predicted molar refractivity (Wildman–Crippen MR) is 108 cm³/mol. The molecule has 0 saturated carbocycles. The van der Waals surface area contributed by atoms with Crippen molar-refractivity contribution in [3.63, 3.8) is 0 Å². The number of amides is 1. The van der Waals surface area contributed by atoms with Crippen molar-refractivity contribution < 1.29 is 4.79 Å². The van der Waals surface area contributed by atoms with Gasteiger partial charge in [-0.1, -0.05) is 30.3 Å². The Morgan fingerprint density at radius 2 is 1.82 bits per heavy atom. The molecule has 1 amide bonds. The Bertz CT molecular complexity index is 994. The average Bonchev–Trinajstić information content (AvgIpc) is 2.72. The summed E-state index contributed by atoms with van der Waals surface area (Å²) in [5.41, 5.74) is 3.44. The molecule has 140 valence electrons. The van der Waals surface area contributed by atoms with E-state index in [9.17, 15) is 4.79 Å². The molecule has 2 aromatic carbocycles. The molecule has 0 spiro atoms. The molecule has 0 atom stereocenters. The number of aromatic nitrogens is 2. The lowest BCUT2D eigenvalue weighted by molar-refractivity contribution is 0.0746. The van der Waals surface area contributed by atoms with Crippen LogP contribution >= 0.6 is 0 Å². The Labute approximate surface area is 164 Å². The maximum absolute atomic E-state index is 13.0. The number of carbonyl (C=O) groups excluding carboxylic acids is 1. The minimum atomic E-state index is -0.139. The molecule has 0 radical (unpaired) electrons. The summed E-state index contributed by atoms with van der Waals surface area (Å²) in [4.78, 5) is 23.5. The highest BCUT2D eigenvalue weighted by Crippen LogP contribution is 2.16. The van der Waals surface area contributed by atoms with Crippen molar-refractivity contribution in [2.24, 2.45) is 0 Å². The van der Waals surface area contributed by atoms with Crippen LogP contribution in [0.1, 0.15) is 34.2 Å². The second kappa shape index (κ2) is 8.78. The van der Waals surface area contributed by atoms with Crippen LogP contribution in [0.3, 0.4) is 0 Å². The summed E-state index contributed by atoms with van der Waals surface area (Å²) in [5, 5.41) is 12.0. The number of hydrogen-bond donors (Lipinski definition) is 1. The predicted octanol–water partition coefficient (Wildman–Crippen LogP) is 4.06. The molecule has 6 heteroatoms. The largest absolute Gasteiger partial charge is 0.333 e. The van der Waals surface area contributed by atoms with Crippen molar-refractivity contribution in [1.82, 2.24) is 14.9 Å². The molecule has 0 aliphatic heterocycles. The third-order valence-electron chi connectivity index (χ3n) is 4.23. The third-order valence-corrected chi connectivity index (χ3v) is 4.23. The fourth-order valence-electron chi connectivity index (χ4n) is 2.78. The molecule has 0 aliphatic rings. The normalized spacial score (nSPS) is 10.2. The second-order valence-corrected chi connectivity index (χ2v) is 6.34. The van der Waals surface area contributed by atoms with Crippen LogP contribution in [0, 0.1) is 18.3 Å². The number of nitriles is 1. The zero-order valence-electron chi connectivity index (χ0n) is 15.9. The van der Waals surface area contributed by atoms with Crippen LogP contribution in [-0.2, 0) is 6.54 Å². The first kappa shape index (κ1) is 19.1. The van der Waals surface area contributed by atoms with Gasteiger partial charge in [0.2, 0.25) is 5.95 Å². The average molecular weight is 371 g/mol. The van der Waals surface area contributed by atoms with Crippen molar-refractivity contribution >= 4 is 17.5 Å². The Balaban J connectivity index is 1.80. The van der Waals surface area contributed by atoms with Crippen LogP contribution in [0.15, 0.2) is 60.7 Å². The van der Waals surface area contributed by atoms with Crippen LogP contribution in [-0.4, -0.2) is 27.3 Å². The zero-order chi connectivity index (χ0) is 19.9. The van der Waals surface area contributed by atoms with Gasteiger partial charge in [-0.2, -0.15) is 5.26 Å². The van der Waals surface area contributed by atoms with Crippen LogP contribution in [0.5, 0.6) is 0 Å². The number of nitrogens with zero attached hydrogens (tertiary/aromatic N) is 4. The van der Waals surface area contributed by atoms with E-state index in [2.05, 4.69) is 21.4 Å². The van der Waals surface area contributed by atoms with E-state index in [-0.39, 0.29) is 5.91 Å². The molecular formula is C22H21N5O. The van der Waals surface area contributed by atoms with Gasteiger partial charge < -0.3 is 10.2 Å². The molecule has 0 aliphatic carbocycles. The lowest BCUT2D eigenvalue weighted by Crippen LogP contribution is -2.31. The Hall–Kier alpha value is -3.72. The highest BCUT2D eigenvalue weighted by atomic mass is 16.2. The first-order valence-electron chi connectivity index (χ1n) is 9.05. The molecule has 6 nitrogen and oxygen atoms in total. The molecule has 1 N–H and O–H groups in total. The van der Waals surface area contributed by atoms with Gasteiger partial charge in [-0.15, -0.1) is 0 Å². The number of carbonyl (C=O) groups is 1. The van der Waals surface area contributed by atoms with Gasteiger partial charge in [0.05, 0.1) is 11.6 Å². The maximum Gasteiger partial charge on any atom is 0.272 e. The van der Waals surface area contributed by atoms with Crippen LogP contribution in [0.2, 0.25) is 0 Å². The van der Waals surface area contributed by atoms with E-state index >= 15 is 0 Å². The Morgan fingerprint density at radius 1 is 1.11 bits per heavy atom. The maximum atomic E-state index is 13.0. The van der Waals surface area contributed by atoms with Gasteiger partial charge in [0.25, 0.3) is 5.91 Å². The highest BCUT2D eigenvalue weighted by Gasteiger charge is 2.17. The molecule has 3 aromatic rings. The molecule has 0 unspecified atom stereocenters. The van der Waals surface area contributed by atoms with E-state index < -0.39 is 0 Å². The van der Waals surface area contributed by atoms with Gasteiger partial charge in [0.1, 0.15) is 5.69 Å². The molecule has 0 bridgehead atoms. The van der Waals surface area contributed by atoms with Crippen molar-refractivity contribution in [2.75, 3.05) is 11.9 Å². The van der Waals surface area contributed by atoms with E-state index in [1.54, 1.807) is 35.2 Å². The van der Waals surface area contributed by atoms with Crippen molar-refractivity contribution in [3.8, 4) is 6.07 Å². The van der Waals surface area contributed by atoms with Gasteiger partial charge >= 0.3 is 0 Å². The molecule has 1 aromatic heterocycles. The summed E-state index contributed by atoms with van der Waals surface area (Å²) < 4.78 is 0. The number of benzene rings is 2. The molecular weight excluding hydrogens is 350 g/mol. The second-order valence-electron chi connectivity index (χ2n) is 6.34. The van der Waals surface area contributed by atoms with Gasteiger partial charge in [-0.25, -0.2) is 9.97 Å². The summed E-state index contributed by atoms with van der Waals surface area (Å²) in [6.45, 7) is 4.88. The molecule has 1 heterocycles. The van der Waals surface area contributed by atoms with Gasteiger partial charge in [-0.05, 0) is 49.7 Å². The van der Waals surface area contributed by atoms with Gasteiger partial charge in [0.15, 0.2) is 0 Å². The summed E-state index contributed by atoms with van der Waals surface area (Å²) in [7, 11) is 0. The van der Waals surface area contributed by atoms with Crippen LogP contribution in [0.4, 0.5) is 11.6 Å². The van der Waals surface area contributed by atoms with E-state index in [0.29, 0.717) is 36.0 Å². The number of nitrogens with one attached hydrogen (secondary N) is 1.